The maximum Gasteiger partial charge on any atom is 0.213 e. The molecule has 1 unspecified atom stereocenters. The standard InChI is InChI=1S/C22H28N4O3.3ClH/c1-15-6-5-9-21(24-15)29-14-22(10-18(27)19(28)11-22)13-23-12-20-25-16-7-3-4-8-17(16)26(20)2;;;/h3-9,18-19,23,27-28H,10-14H2,1-2H3;3*1H/t18-,19+,22?;;;. The third kappa shape index (κ3) is 6.25. The molecule has 3 N–H and O–H groups in total. The number of aromatic nitrogens is 3. The monoisotopic (exact) mass is 504 g/mol. The normalized spacial score (nSPS) is 22.0. The second-order valence-electron chi connectivity index (χ2n) is 8.13. The zero-order chi connectivity index (χ0) is 20.4. The van der Waals surface area contributed by atoms with Crippen LogP contribution in [-0.4, -0.2) is 50.1 Å². The molecule has 32 heavy (non-hydrogen) atoms. The molecule has 2 heterocycles. The van der Waals surface area contributed by atoms with Gasteiger partial charge in [-0.25, -0.2) is 9.97 Å². The first kappa shape index (κ1) is 28.4. The van der Waals surface area contributed by atoms with Gasteiger partial charge in [-0.15, -0.1) is 37.2 Å². The highest BCUT2D eigenvalue weighted by molar-refractivity contribution is 5.86. The molecule has 0 saturated heterocycles. The Morgan fingerprint density at radius 2 is 1.72 bits per heavy atom. The summed E-state index contributed by atoms with van der Waals surface area (Å²) in [5.74, 6) is 1.51. The number of hydrogen-bond acceptors (Lipinski definition) is 6. The summed E-state index contributed by atoms with van der Waals surface area (Å²) in [7, 11) is 2.01. The van der Waals surface area contributed by atoms with E-state index in [1.165, 1.54) is 0 Å². The van der Waals surface area contributed by atoms with Gasteiger partial charge in [0.2, 0.25) is 5.88 Å². The van der Waals surface area contributed by atoms with E-state index in [0.29, 0.717) is 38.4 Å². The summed E-state index contributed by atoms with van der Waals surface area (Å²) >= 11 is 0. The fourth-order valence-corrected chi connectivity index (χ4v) is 4.17. The number of aryl methyl sites for hydroxylation is 2. The average Bonchev–Trinajstić information content (AvgIpc) is 3.17. The number of aliphatic hydroxyl groups is 2. The predicted molar refractivity (Wildman–Crippen MR) is 132 cm³/mol. The number of ether oxygens (including phenoxy) is 1. The first-order chi connectivity index (χ1) is 14.0. The SMILES string of the molecule is Cc1cccc(OCC2(CNCc3nc4ccccc4n3C)C[C@@H](O)[C@@H](O)C2)n1.Cl.Cl.Cl. The number of aliphatic hydroxyl groups excluding tert-OH is 2. The smallest absolute Gasteiger partial charge is 0.213 e. The molecule has 1 aromatic carbocycles. The van der Waals surface area contributed by atoms with Gasteiger partial charge in [0.05, 0.1) is 36.4 Å². The number of imidazole rings is 1. The van der Waals surface area contributed by atoms with Crippen LogP contribution >= 0.6 is 37.2 Å². The van der Waals surface area contributed by atoms with Crippen LogP contribution in [0.25, 0.3) is 11.0 Å². The number of hydrogen-bond donors (Lipinski definition) is 3. The molecule has 1 saturated carbocycles. The fourth-order valence-electron chi connectivity index (χ4n) is 4.17. The van der Waals surface area contributed by atoms with Gasteiger partial charge >= 0.3 is 0 Å². The van der Waals surface area contributed by atoms with Gasteiger partial charge in [-0.3, -0.25) is 0 Å². The largest absolute Gasteiger partial charge is 0.477 e. The minimum atomic E-state index is -0.735. The molecule has 0 radical (unpaired) electrons. The highest BCUT2D eigenvalue weighted by atomic mass is 35.5. The summed E-state index contributed by atoms with van der Waals surface area (Å²) in [5, 5.41) is 23.8. The quantitative estimate of drug-likeness (QED) is 0.457. The van der Waals surface area contributed by atoms with Crippen LogP contribution in [0, 0.1) is 12.3 Å². The Hall–Kier alpha value is -1.61. The molecule has 1 aliphatic rings. The summed E-state index contributed by atoms with van der Waals surface area (Å²) in [6.45, 7) is 3.51. The van der Waals surface area contributed by atoms with Crippen LogP contribution in [0.1, 0.15) is 24.4 Å². The van der Waals surface area contributed by atoms with Crippen LogP contribution in [0.3, 0.4) is 0 Å². The number of nitrogens with one attached hydrogen (secondary N) is 1. The molecule has 3 atom stereocenters. The molecule has 0 amide bonds. The molecule has 0 bridgehead atoms. The lowest BCUT2D eigenvalue weighted by molar-refractivity contribution is 0.0438. The van der Waals surface area contributed by atoms with Gasteiger partial charge in [0.1, 0.15) is 5.82 Å². The summed E-state index contributed by atoms with van der Waals surface area (Å²) in [4.78, 5) is 9.08. The third-order valence-electron chi connectivity index (χ3n) is 5.78. The third-order valence-corrected chi connectivity index (χ3v) is 5.78. The van der Waals surface area contributed by atoms with Gasteiger partial charge in [-0.1, -0.05) is 18.2 Å². The Kier molecular flexibility index (Phi) is 10.7. The van der Waals surface area contributed by atoms with E-state index in [1.54, 1.807) is 0 Å². The lowest BCUT2D eigenvalue weighted by Gasteiger charge is -2.29. The van der Waals surface area contributed by atoms with Crippen molar-refractivity contribution in [2.75, 3.05) is 13.2 Å². The predicted octanol–water partition coefficient (Wildman–Crippen LogP) is 3.21. The van der Waals surface area contributed by atoms with E-state index >= 15 is 0 Å². The minimum Gasteiger partial charge on any atom is -0.477 e. The first-order valence-corrected chi connectivity index (χ1v) is 9.99. The summed E-state index contributed by atoms with van der Waals surface area (Å²) < 4.78 is 8.03. The van der Waals surface area contributed by atoms with Crippen molar-refractivity contribution in [3.63, 3.8) is 0 Å². The van der Waals surface area contributed by atoms with Gasteiger partial charge in [0, 0.05) is 30.8 Å². The van der Waals surface area contributed by atoms with Crippen LogP contribution in [0.5, 0.6) is 5.88 Å². The van der Waals surface area contributed by atoms with Crippen molar-refractivity contribution in [3.05, 3.63) is 54.0 Å². The van der Waals surface area contributed by atoms with Gasteiger partial charge in [0.15, 0.2) is 0 Å². The molecule has 3 aromatic rings. The van der Waals surface area contributed by atoms with Crippen molar-refractivity contribution in [2.45, 2.75) is 38.5 Å². The second kappa shape index (κ2) is 12.0. The maximum absolute atomic E-state index is 10.2. The Balaban J connectivity index is 0.00000171. The fraction of sp³-hybridized carbons (Fsp3) is 0.455. The number of rotatable bonds is 7. The molecule has 0 spiro atoms. The molecule has 10 heteroatoms. The Bertz CT molecular complexity index is 991. The van der Waals surface area contributed by atoms with E-state index in [9.17, 15) is 10.2 Å². The van der Waals surface area contributed by atoms with Crippen LogP contribution in [0.15, 0.2) is 42.5 Å². The van der Waals surface area contributed by atoms with Crippen LogP contribution in [0.4, 0.5) is 0 Å². The molecule has 4 rings (SSSR count). The van der Waals surface area contributed by atoms with Crippen molar-refractivity contribution >= 4 is 48.3 Å². The van der Waals surface area contributed by atoms with Gasteiger partial charge < -0.3 is 24.8 Å². The highest BCUT2D eigenvalue weighted by Crippen LogP contribution is 2.38. The number of para-hydroxylation sites is 2. The molecular formula is C22H31Cl3N4O3. The Labute approximate surface area is 206 Å². The summed E-state index contributed by atoms with van der Waals surface area (Å²) in [6.07, 6.45) is -0.506. The van der Waals surface area contributed by atoms with Crippen molar-refractivity contribution in [1.82, 2.24) is 19.9 Å². The number of pyridine rings is 1. The van der Waals surface area contributed by atoms with Crippen LogP contribution in [0.2, 0.25) is 0 Å². The summed E-state index contributed by atoms with van der Waals surface area (Å²) in [6, 6.07) is 13.7. The van der Waals surface area contributed by atoms with E-state index in [0.717, 1.165) is 22.6 Å². The number of fused-ring (bicyclic) bond motifs is 1. The van der Waals surface area contributed by atoms with E-state index in [-0.39, 0.29) is 42.6 Å². The van der Waals surface area contributed by atoms with Gasteiger partial charge in [-0.05, 0) is 38.0 Å². The number of halogens is 3. The van der Waals surface area contributed by atoms with E-state index in [2.05, 4.69) is 20.9 Å². The highest BCUT2D eigenvalue weighted by Gasteiger charge is 2.44. The molecule has 7 nitrogen and oxygen atoms in total. The number of benzene rings is 1. The Morgan fingerprint density at radius 3 is 2.38 bits per heavy atom. The topological polar surface area (TPSA) is 92.4 Å². The van der Waals surface area contributed by atoms with Crippen LogP contribution < -0.4 is 10.1 Å². The number of nitrogens with zero attached hydrogens (tertiary/aromatic N) is 3. The first-order valence-electron chi connectivity index (χ1n) is 9.99. The van der Waals surface area contributed by atoms with E-state index < -0.39 is 12.2 Å². The lowest BCUT2D eigenvalue weighted by atomic mass is 9.86. The second-order valence-corrected chi connectivity index (χ2v) is 8.13. The Morgan fingerprint density at radius 1 is 1.03 bits per heavy atom. The maximum atomic E-state index is 10.2. The average molecular weight is 506 g/mol. The lowest BCUT2D eigenvalue weighted by Crippen LogP contribution is -2.38. The molecule has 1 fully saturated rings. The van der Waals surface area contributed by atoms with Crippen molar-refractivity contribution in [1.29, 1.82) is 0 Å². The molecule has 178 valence electrons. The van der Waals surface area contributed by atoms with Crippen molar-refractivity contribution in [3.8, 4) is 5.88 Å². The van der Waals surface area contributed by atoms with E-state index in [1.807, 2.05) is 50.4 Å². The zero-order valence-electron chi connectivity index (χ0n) is 18.1. The van der Waals surface area contributed by atoms with Crippen molar-refractivity contribution < 1.29 is 14.9 Å². The molecular weight excluding hydrogens is 475 g/mol. The molecule has 1 aliphatic carbocycles. The molecule has 0 aliphatic heterocycles. The molecule has 2 aromatic heterocycles. The van der Waals surface area contributed by atoms with Gasteiger partial charge in [0.25, 0.3) is 0 Å². The van der Waals surface area contributed by atoms with Crippen LogP contribution in [-0.2, 0) is 13.6 Å². The van der Waals surface area contributed by atoms with Crippen molar-refractivity contribution in [2.24, 2.45) is 12.5 Å². The summed E-state index contributed by atoms with van der Waals surface area (Å²) in [5.41, 5.74) is 2.60. The minimum absolute atomic E-state index is 0. The zero-order valence-corrected chi connectivity index (χ0v) is 20.6. The van der Waals surface area contributed by atoms with Gasteiger partial charge in [-0.2, -0.15) is 0 Å². The van der Waals surface area contributed by atoms with E-state index in [4.69, 9.17) is 9.72 Å².